The Balaban J connectivity index is 1.48. The Morgan fingerprint density at radius 1 is 1.21 bits per heavy atom. The van der Waals surface area contributed by atoms with Crippen LogP contribution in [0.2, 0.25) is 0 Å². The normalized spacial score (nSPS) is 24.4. The van der Waals surface area contributed by atoms with Gasteiger partial charge < -0.3 is 24.6 Å². The number of fused-ring (bicyclic) bond motifs is 2. The van der Waals surface area contributed by atoms with Gasteiger partial charge in [0.1, 0.15) is 17.0 Å². The molecule has 1 aromatic heterocycles. The number of aromatic nitrogens is 1. The second kappa shape index (κ2) is 7.46. The Kier molecular flexibility index (Phi) is 4.91. The molecule has 0 bridgehead atoms. The first-order chi connectivity index (χ1) is 15.5. The molecule has 0 spiro atoms. The van der Waals surface area contributed by atoms with Gasteiger partial charge in [-0.1, -0.05) is 0 Å². The third-order valence-corrected chi connectivity index (χ3v) is 6.68. The molecule has 8 nitrogen and oxygen atoms in total. The summed E-state index contributed by atoms with van der Waals surface area (Å²) in [5, 5.41) is 12.4. The van der Waals surface area contributed by atoms with Crippen molar-refractivity contribution >= 4 is 28.7 Å². The van der Waals surface area contributed by atoms with E-state index in [1.165, 1.54) is 6.20 Å². The first kappa shape index (κ1) is 21.7. The predicted molar refractivity (Wildman–Crippen MR) is 120 cm³/mol. The van der Waals surface area contributed by atoms with Gasteiger partial charge in [-0.15, -0.1) is 0 Å². The highest BCUT2D eigenvalue weighted by Gasteiger charge is 2.49. The highest BCUT2D eigenvalue weighted by atomic mass is 19.1. The Morgan fingerprint density at radius 2 is 1.94 bits per heavy atom. The first-order valence-corrected chi connectivity index (χ1v) is 11.4. The van der Waals surface area contributed by atoms with Crippen LogP contribution in [0.3, 0.4) is 0 Å². The maximum atomic E-state index is 15.3. The minimum absolute atomic E-state index is 0.0767. The number of carboxylic acids is 1. The maximum absolute atomic E-state index is 15.3. The van der Waals surface area contributed by atoms with Gasteiger partial charge in [0.05, 0.1) is 17.2 Å². The monoisotopic (exact) mass is 457 g/mol. The van der Waals surface area contributed by atoms with Gasteiger partial charge in [-0.05, 0) is 64.0 Å². The molecule has 1 amide bonds. The van der Waals surface area contributed by atoms with Crippen molar-refractivity contribution in [3.05, 3.63) is 39.9 Å². The number of rotatable bonds is 4. The number of carbonyl (C=O) groups is 2. The number of benzene rings is 1. The Labute approximate surface area is 190 Å². The Hall–Kier alpha value is -3.10. The maximum Gasteiger partial charge on any atom is 0.407 e. The molecule has 1 saturated heterocycles. The van der Waals surface area contributed by atoms with Crippen LogP contribution in [0.1, 0.15) is 56.4 Å². The van der Waals surface area contributed by atoms with Gasteiger partial charge in [0.15, 0.2) is 0 Å². The molecular formula is C24H28FN3O5. The van der Waals surface area contributed by atoms with Crippen LogP contribution >= 0.6 is 0 Å². The molecule has 3 aliphatic rings. The van der Waals surface area contributed by atoms with Crippen molar-refractivity contribution < 1.29 is 23.8 Å². The molecule has 2 saturated carbocycles. The fraction of sp³-hybridized carbons (Fsp3) is 0.542. The third-order valence-electron chi connectivity index (χ3n) is 6.68. The van der Waals surface area contributed by atoms with Gasteiger partial charge in [0.2, 0.25) is 5.43 Å². The van der Waals surface area contributed by atoms with Gasteiger partial charge >= 0.3 is 12.1 Å². The number of amides is 1. The van der Waals surface area contributed by atoms with E-state index in [0.717, 1.165) is 25.3 Å². The zero-order chi connectivity index (χ0) is 23.7. The number of piperidine rings is 1. The highest BCUT2D eigenvalue weighted by molar-refractivity contribution is 5.93. The molecule has 5 rings (SSSR count). The van der Waals surface area contributed by atoms with E-state index < -0.39 is 28.9 Å². The zero-order valence-electron chi connectivity index (χ0n) is 18.9. The van der Waals surface area contributed by atoms with Crippen molar-refractivity contribution in [3.63, 3.8) is 0 Å². The van der Waals surface area contributed by atoms with E-state index in [4.69, 9.17) is 4.74 Å². The van der Waals surface area contributed by atoms with E-state index in [1.807, 2.05) is 4.90 Å². The van der Waals surface area contributed by atoms with E-state index >= 15 is 4.39 Å². The van der Waals surface area contributed by atoms with Crippen LogP contribution in [-0.4, -0.2) is 46.5 Å². The lowest BCUT2D eigenvalue weighted by atomic mass is 10.0. The van der Waals surface area contributed by atoms with Gasteiger partial charge in [0.25, 0.3) is 0 Å². The molecule has 9 heteroatoms. The van der Waals surface area contributed by atoms with Crippen LogP contribution in [0, 0.1) is 17.7 Å². The summed E-state index contributed by atoms with van der Waals surface area (Å²) in [6.45, 7) is 6.52. The average molecular weight is 458 g/mol. The number of carboxylic acid groups (broad SMARTS) is 1. The lowest BCUT2D eigenvalue weighted by Crippen LogP contribution is -2.50. The highest BCUT2D eigenvalue weighted by Crippen LogP contribution is 2.47. The van der Waals surface area contributed by atoms with Crippen molar-refractivity contribution in [2.75, 3.05) is 18.0 Å². The number of nitrogens with one attached hydrogen (secondary N) is 1. The molecule has 1 aromatic carbocycles. The number of halogens is 1. The van der Waals surface area contributed by atoms with Crippen molar-refractivity contribution in [2.24, 2.45) is 11.8 Å². The van der Waals surface area contributed by atoms with Crippen LogP contribution in [0.15, 0.2) is 23.1 Å². The van der Waals surface area contributed by atoms with Crippen molar-refractivity contribution in [2.45, 2.75) is 57.7 Å². The number of pyridine rings is 1. The molecule has 3 atom stereocenters. The summed E-state index contributed by atoms with van der Waals surface area (Å²) < 4.78 is 22.5. The summed E-state index contributed by atoms with van der Waals surface area (Å²) in [7, 11) is 0. The Morgan fingerprint density at radius 3 is 2.58 bits per heavy atom. The van der Waals surface area contributed by atoms with E-state index in [-0.39, 0.29) is 23.0 Å². The molecule has 176 valence electrons. The van der Waals surface area contributed by atoms with Gasteiger partial charge in [-0.25, -0.2) is 14.0 Å². The average Bonchev–Trinajstić information content (AvgIpc) is 3.60. The number of ether oxygens (including phenoxy) is 1. The molecule has 2 aliphatic carbocycles. The van der Waals surface area contributed by atoms with Crippen molar-refractivity contribution in [1.29, 1.82) is 0 Å². The standard InChI is InChI=1S/C24H28FN3O5/c1-24(2,3)33-23(32)26-18-11-27(9-12-6-14(12)18)20-8-19-15(7-17(20)25)21(29)16(22(30)31)10-28(19)13-4-5-13/h7-8,10,12-14,18H,4-6,9,11H2,1-3H3,(H,26,32)(H,30,31)/t12-,14-,18+/m0/s1. The summed E-state index contributed by atoms with van der Waals surface area (Å²) >= 11 is 0. The first-order valence-electron chi connectivity index (χ1n) is 11.4. The zero-order valence-corrected chi connectivity index (χ0v) is 18.9. The summed E-state index contributed by atoms with van der Waals surface area (Å²) in [4.78, 5) is 38.5. The molecule has 33 heavy (non-hydrogen) atoms. The van der Waals surface area contributed by atoms with Crippen LogP contribution < -0.4 is 15.6 Å². The molecule has 2 aromatic rings. The van der Waals surface area contributed by atoms with E-state index in [2.05, 4.69) is 5.32 Å². The van der Waals surface area contributed by atoms with Crippen LogP contribution in [0.25, 0.3) is 10.9 Å². The molecule has 2 heterocycles. The fourth-order valence-corrected chi connectivity index (χ4v) is 4.92. The summed E-state index contributed by atoms with van der Waals surface area (Å²) in [5.74, 6) is -1.18. The molecule has 2 N–H and O–H groups in total. The predicted octanol–water partition coefficient (Wildman–Crippen LogP) is 3.52. The molecule has 0 radical (unpaired) electrons. The van der Waals surface area contributed by atoms with Crippen molar-refractivity contribution in [3.8, 4) is 0 Å². The fourth-order valence-electron chi connectivity index (χ4n) is 4.92. The molecule has 1 aliphatic heterocycles. The number of hydrogen-bond donors (Lipinski definition) is 2. The van der Waals surface area contributed by atoms with Gasteiger partial charge in [0, 0.05) is 30.7 Å². The number of nitrogens with zero attached hydrogens (tertiary/aromatic N) is 2. The van der Waals surface area contributed by atoms with Gasteiger partial charge in [-0.2, -0.15) is 0 Å². The quantitative estimate of drug-likeness (QED) is 0.729. The summed E-state index contributed by atoms with van der Waals surface area (Å²) in [6.07, 6.45) is 3.63. The molecule has 3 fully saturated rings. The Bertz CT molecular complexity index is 1210. The van der Waals surface area contributed by atoms with E-state index in [0.29, 0.717) is 36.1 Å². The number of anilines is 1. The SMILES string of the molecule is CC(C)(C)OC(=O)N[C@@H]1CN(c2cc3c(cc2F)c(=O)c(C(=O)O)cn3C2CC2)C[C@@H]2C[C@@H]21. The molecular weight excluding hydrogens is 429 g/mol. The van der Waals surface area contributed by atoms with E-state index in [1.54, 1.807) is 31.4 Å². The second-order valence-corrected chi connectivity index (χ2v) is 10.5. The van der Waals surface area contributed by atoms with Crippen LogP contribution in [0.4, 0.5) is 14.9 Å². The summed E-state index contributed by atoms with van der Waals surface area (Å²) in [6, 6.07) is 2.77. The second-order valence-electron chi connectivity index (χ2n) is 10.5. The van der Waals surface area contributed by atoms with E-state index in [9.17, 15) is 19.5 Å². The minimum atomic E-state index is -1.31. The van der Waals surface area contributed by atoms with Gasteiger partial charge in [-0.3, -0.25) is 4.79 Å². The van der Waals surface area contributed by atoms with Crippen LogP contribution in [-0.2, 0) is 4.74 Å². The summed E-state index contributed by atoms with van der Waals surface area (Å²) in [5.41, 5.74) is -0.723. The van der Waals surface area contributed by atoms with Crippen molar-refractivity contribution in [1.82, 2.24) is 9.88 Å². The topological polar surface area (TPSA) is 101 Å². The number of carbonyl (C=O) groups excluding carboxylic acids is 1. The number of aromatic carboxylic acids is 1. The third kappa shape index (κ3) is 4.16. The minimum Gasteiger partial charge on any atom is -0.477 e. The van der Waals surface area contributed by atoms with Crippen LogP contribution in [0.5, 0.6) is 0 Å². The lowest BCUT2D eigenvalue weighted by Gasteiger charge is -2.35. The smallest absolute Gasteiger partial charge is 0.407 e. The number of hydrogen-bond acceptors (Lipinski definition) is 5. The lowest BCUT2D eigenvalue weighted by molar-refractivity contribution is 0.0494. The molecule has 0 unspecified atom stereocenters. The number of alkyl carbamates (subject to hydrolysis) is 1. The largest absolute Gasteiger partial charge is 0.477 e.